The minimum Gasteiger partial charge on any atom is -0.504 e. The van der Waals surface area contributed by atoms with Gasteiger partial charge in [-0.25, -0.2) is 4.57 Å². The number of aromatic hydroxyl groups is 1. The summed E-state index contributed by atoms with van der Waals surface area (Å²) < 4.78 is 37.4. The average molecular weight is 694 g/mol. The van der Waals surface area contributed by atoms with Gasteiger partial charge in [0.2, 0.25) is 12.5 Å². The number of carbonyl (C=O) groups excluding carboxylic acids is 1. The zero-order valence-corrected chi connectivity index (χ0v) is 27.4. The second-order valence-electron chi connectivity index (χ2n) is 13.0. The molecule has 6 aliphatic heterocycles. The van der Waals surface area contributed by atoms with Crippen LogP contribution in [0.5, 0.6) is 23.0 Å². The van der Waals surface area contributed by atoms with Crippen LogP contribution in [0.25, 0.3) is 16.5 Å². The number of hydrogen-bond acceptors (Lipinski definition) is 12. The van der Waals surface area contributed by atoms with E-state index in [2.05, 4.69) is 27.9 Å². The summed E-state index contributed by atoms with van der Waals surface area (Å²) in [5.41, 5.74) is 2.58. The van der Waals surface area contributed by atoms with E-state index in [1.54, 1.807) is 13.3 Å². The monoisotopic (exact) mass is 693 g/mol. The maximum atomic E-state index is 12.5. The van der Waals surface area contributed by atoms with Gasteiger partial charge in [0.15, 0.2) is 11.5 Å². The van der Waals surface area contributed by atoms with Crippen LogP contribution in [0.4, 0.5) is 0 Å². The van der Waals surface area contributed by atoms with Crippen LogP contribution in [0.2, 0.25) is 0 Å². The molecule has 2 aromatic carbocycles. The number of phenols is 1. The number of nitrogens with one attached hydrogen (secondary N) is 1. The number of piperidine rings is 3. The first-order chi connectivity index (χ1) is 23.6. The number of methoxy groups -OCH3 is 1. The molecule has 4 saturated heterocycles. The molecular weight excluding hydrogens is 657 g/mol. The Morgan fingerprint density at radius 1 is 1.20 bits per heavy atom. The van der Waals surface area contributed by atoms with Crippen molar-refractivity contribution in [3.8, 4) is 23.0 Å². The van der Waals surface area contributed by atoms with Crippen LogP contribution in [0, 0.1) is 11.8 Å². The van der Waals surface area contributed by atoms with Crippen molar-refractivity contribution in [2.24, 2.45) is 11.8 Å². The molecule has 49 heavy (non-hydrogen) atoms. The van der Waals surface area contributed by atoms with Gasteiger partial charge in [-0.05, 0) is 78.8 Å². The van der Waals surface area contributed by atoms with Crippen molar-refractivity contribution in [3.63, 3.8) is 0 Å². The van der Waals surface area contributed by atoms with Crippen LogP contribution in [0.3, 0.4) is 0 Å². The third-order valence-corrected chi connectivity index (χ3v) is 11.5. The molecule has 258 valence electrons. The Morgan fingerprint density at radius 2 is 2.02 bits per heavy atom. The van der Waals surface area contributed by atoms with Gasteiger partial charge in [-0.1, -0.05) is 6.08 Å². The van der Waals surface area contributed by atoms with Crippen LogP contribution < -0.4 is 19.5 Å². The van der Waals surface area contributed by atoms with Crippen molar-refractivity contribution in [1.82, 2.24) is 15.2 Å². The normalized spacial score (nSPS) is 34.0. The number of phenolic OH excluding ortho intramolecular Hbond substituents is 1. The number of aromatic nitrogens is 1. The lowest BCUT2D eigenvalue weighted by molar-refractivity contribution is -0.0444. The smallest absolute Gasteiger partial charge is 0.473 e. The van der Waals surface area contributed by atoms with Crippen LogP contribution in [-0.4, -0.2) is 93.4 Å². The van der Waals surface area contributed by atoms with E-state index in [-0.39, 0.29) is 35.6 Å². The van der Waals surface area contributed by atoms with Crippen molar-refractivity contribution in [3.05, 3.63) is 72.0 Å². The topological polar surface area (TPSA) is 189 Å². The highest BCUT2D eigenvalue weighted by molar-refractivity contribution is 7.47. The second-order valence-corrected chi connectivity index (χ2v) is 14.4. The summed E-state index contributed by atoms with van der Waals surface area (Å²) in [6, 6.07) is 8.66. The fourth-order valence-corrected chi connectivity index (χ4v) is 9.23. The lowest BCUT2D eigenvalue weighted by Gasteiger charge is -2.50. The van der Waals surface area contributed by atoms with Gasteiger partial charge in [-0.15, -0.1) is 6.58 Å². The molecule has 7 heterocycles. The maximum Gasteiger partial charge on any atom is 0.473 e. The Kier molecular flexibility index (Phi) is 7.95. The molecule has 5 N–H and O–H groups in total. The zero-order chi connectivity index (χ0) is 34.2. The number of phosphoric acid groups is 1. The van der Waals surface area contributed by atoms with E-state index < -0.39 is 44.2 Å². The van der Waals surface area contributed by atoms with E-state index >= 15 is 0 Å². The van der Waals surface area contributed by atoms with Gasteiger partial charge in [0, 0.05) is 29.7 Å². The SMILES string of the molecule is C=C[C@@H]1CN2CC[C@@H]1C[C@@H]2[C@H](O)c1ccnc2ccc(OC)cc12.O=C1N[C@@H]2C(=C[C@H](O)[C@H]3OP(=O)(O)O[C@H]32)c2cc3c(c(O)c21)OCO3. The molecule has 2 unspecified atom stereocenters. The van der Waals surface area contributed by atoms with E-state index in [1.165, 1.54) is 18.6 Å². The molecule has 10 rings (SSSR count). The highest BCUT2D eigenvalue weighted by Crippen LogP contribution is 2.58. The molecule has 1 aromatic heterocycles. The number of benzene rings is 2. The number of pyridine rings is 1. The number of aliphatic hydroxyl groups is 2. The lowest BCUT2D eigenvalue weighted by Crippen LogP contribution is -2.55. The minimum absolute atomic E-state index is 0.0245. The standard InChI is InChI=1S/C20H24N2O2.C14H12NO9P/c1-3-13-12-22-9-7-14(13)10-19(22)20(23)16-6-8-21-18-5-4-15(24-2)11-17(16)18;16-6-1-5-4-2-7-12(22-3-21-7)10(17)8(4)14(18)15-9(5)13-11(6)23-25(19,20)24-13/h3-6,8,11,13-14,19-20,23H,1,7,9-10,12H2,2H3;1-2,6,9,11,13,16-17H,3H2,(H,15,18)(H,19,20)/t13-,14-,19-,20-;6-,9+,11+,13-/m10/s1. The predicted molar refractivity (Wildman–Crippen MR) is 174 cm³/mol. The third-order valence-electron chi connectivity index (χ3n) is 10.5. The number of aliphatic hydroxyl groups excluding tert-OH is 2. The summed E-state index contributed by atoms with van der Waals surface area (Å²) >= 11 is 0. The summed E-state index contributed by atoms with van der Waals surface area (Å²) in [5.74, 6) is 1.37. The Balaban J connectivity index is 0.000000142. The van der Waals surface area contributed by atoms with E-state index in [9.17, 15) is 29.6 Å². The predicted octanol–water partition coefficient (Wildman–Crippen LogP) is 3.05. The van der Waals surface area contributed by atoms with Gasteiger partial charge in [0.25, 0.3) is 5.91 Å². The molecule has 0 spiro atoms. The molecule has 2 bridgehead atoms. The number of amides is 1. The number of hydrogen-bond donors (Lipinski definition) is 5. The molecule has 3 aromatic rings. The van der Waals surface area contributed by atoms with Gasteiger partial charge in [-0.2, -0.15) is 0 Å². The number of nitrogens with zero attached hydrogens (tertiary/aromatic N) is 2. The fourth-order valence-electron chi connectivity index (χ4n) is 8.08. The van der Waals surface area contributed by atoms with Crippen molar-refractivity contribution in [2.75, 3.05) is 27.0 Å². The zero-order valence-electron chi connectivity index (χ0n) is 26.5. The largest absolute Gasteiger partial charge is 0.504 e. The quantitative estimate of drug-likeness (QED) is 0.198. The van der Waals surface area contributed by atoms with Crippen LogP contribution in [0.1, 0.15) is 40.4 Å². The number of fused-ring (bicyclic) bond motifs is 10. The van der Waals surface area contributed by atoms with Crippen molar-refractivity contribution >= 4 is 30.2 Å². The number of ether oxygens (including phenoxy) is 3. The van der Waals surface area contributed by atoms with Crippen LogP contribution >= 0.6 is 7.82 Å². The first-order valence-corrected chi connectivity index (χ1v) is 17.6. The summed E-state index contributed by atoms with van der Waals surface area (Å²) in [6.45, 7) is 5.98. The summed E-state index contributed by atoms with van der Waals surface area (Å²) in [4.78, 5) is 28.9. The number of phosphoric ester groups is 1. The van der Waals surface area contributed by atoms with Crippen LogP contribution in [0.15, 0.2) is 55.3 Å². The first kappa shape index (κ1) is 32.2. The molecule has 4 fully saturated rings. The molecule has 14 nitrogen and oxygen atoms in total. The van der Waals surface area contributed by atoms with Gasteiger partial charge >= 0.3 is 7.82 Å². The average Bonchev–Trinajstić information content (AvgIpc) is 3.72. The molecular formula is C34H36N3O11P. The van der Waals surface area contributed by atoms with Gasteiger partial charge in [0.1, 0.15) is 24.1 Å². The summed E-state index contributed by atoms with van der Waals surface area (Å²) in [6.07, 6.45) is 3.66. The second kappa shape index (κ2) is 12.1. The van der Waals surface area contributed by atoms with E-state index in [0.717, 1.165) is 41.7 Å². The molecule has 0 radical (unpaired) electrons. The van der Waals surface area contributed by atoms with E-state index in [0.29, 0.717) is 23.0 Å². The third kappa shape index (κ3) is 5.39. The van der Waals surface area contributed by atoms with E-state index in [1.807, 2.05) is 24.3 Å². The van der Waals surface area contributed by atoms with Crippen LogP contribution in [-0.2, 0) is 13.6 Å². The number of rotatable bonds is 4. The molecule has 1 aliphatic carbocycles. The van der Waals surface area contributed by atoms with Gasteiger partial charge in [0.05, 0.1) is 30.3 Å². The Hall–Kier alpha value is -4.01. The maximum absolute atomic E-state index is 12.5. The minimum atomic E-state index is -4.31. The first-order valence-electron chi connectivity index (χ1n) is 16.1. The molecule has 7 aliphatic rings. The highest BCUT2D eigenvalue weighted by atomic mass is 31.2. The molecule has 15 heteroatoms. The fraction of sp³-hybridized carbons (Fsp3) is 0.412. The van der Waals surface area contributed by atoms with Gasteiger partial charge < -0.3 is 39.7 Å². The van der Waals surface area contributed by atoms with Gasteiger partial charge in [-0.3, -0.25) is 23.7 Å². The lowest BCUT2D eigenvalue weighted by atomic mass is 9.73. The Morgan fingerprint density at radius 3 is 2.78 bits per heavy atom. The molecule has 0 saturated carbocycles. The molecule has 10 atom stereocenters. The van der Waals surface area contributed by atoms with E-state index in [4.69, 9.17) is 23.3 Å². The van der Waals surface area contributed by atoms with Crippen molar-refractivity contribution in [1.29, 1.82) is 0 Å². The van der Waals surface area contributed by atoms with Crippen molar-refractivity contribution in [2.45, 2.75) is 49.3 Å². The Labute approximate surface area is 281 Å². The highest BCUT2D eigenvalue weighted by Gasteiger charge is 2.55. The Bertz CT molecular complexity index is 1940. The number of carbonyl (C=O) groups is 1. The van der Waals surface area contributed by atoms with Crippen molar-refractivity contribution < 1.29 is 52.8 Å². The summed E-state index contributed by atoms with van der Waals surface area (Å²) in [7, 11) is -2.65. The molecule has 1 amide bonds. The summed E-state index contributed by atoms with van der Waals surface area (Å²) in [5, 5.41) is 35.4.